The van der Waals surface area contributed by atoms with Gasteiger partial charge < -0.3 is 14.9 Å². The molecule has 3 aromatic carbocycles. The Kier molecular flexibility index (Phi) is 7.87. The second-order valence-corrected chi connectivity index (χ2v) is 11.0. The molecule has 1 aliphatic rings. The van der Waals surface area contributed by atoms with E-state index in [0.717, 1.165) is 59.5 Å². The van der Waals surface area contributed by atoms with Gasteiger partial charge in [-0.25, -0.2) is 15.0 Å². The van der Waals surface area contributed by atoms with E-state index in [1.165, 1.54) is 5.69 Å². The van der Waals surface area contributed by atoms with Gasteiger partial charge in [-0.2, -0.15) is 0 Å². The van der Waals surface area contributed by atoms with Crippen molar-refractivity contribution < 1.29 is 5.11 Å². The molecule has 6 rings (SSSR count). The van der Waals surface area contributed by atoms with Crippen molar-refractivity contribution in [1.82, 2.24) is 24.4 Å². The van der Waals surface area contributed by atoms with Gasteiger partial charge in [0, 0.05) is 68.3 Å². The lowest BCUT2D eigenvalue weighted by molar-refractivity contribution is 0.114. The number of halogens is 1. The first-order valence-electron chi connectivity index (χ1n) is 14.0. The standard InChI is InChI=1S/C32H34ClN7O/c1-23-27(33)14-9-15-28(23)39-18-16-38(17-19-39)21-26(41)20-37(2)31-29-32(35-22-34-31)40(25-12-7-4-8-13-25)30(36-29)24-10-5-3-6-11-24/h3-15,22,26,41H,16-21H2,1-2H3. The van der Waals surface area contributed by atoms with Gasteiger partial charge in [0.15, 0.2) is 17.0 Å². The molecule has 1 unspecified atom stereocenters. The first-order valence-corrected chi connectivity index (χ1v) is 14.3. The molecule has 1 fully saturated rings. The molecule has 1 saturated heterocycles. The largest absolute Gasteiger partial charge is 0.390 e. The molecule has 210 valence electrons. The number of para-hydroxylation sites is 1. The van der Waals surface area contributed by atoms with Crippen molar-refractivity contribution in [1.29, 1.82) is 0 Å². The number of hydrogen-bond acceptors (Lipinski definition) is 7. The molecule has 1 aliphatic heterocycles. The highest BCUT2D eigenvalue weighted by Gasteiger charge is 2.24. The van der Waals surface area contributed by atoms with Crippen LogP contribution in [0.2, 0.25) is 5.02 Å². The number of hydrogen-bond donors (Lipinski definition) is 1. The summed E-state index contributed by atoms with van der Waals surface area (Å²) in [5, 5.41) is 11.9. The fourth-order valence-corrected chi connectivity index (χ4v) is 5.80. The molecular weight excluding hydrogens is 534 g/mol. The number of β-amino-alcohol motifs (C(OH)–C–C–N with tert-alkyl or cyclic N) is 1. The van der Waals surface area contributed by atoms with Gasteiger partial charge in [-0.15, -0.1) is 0 Å². The first-order chi connectivity index (χ1) is 20.0. The van der Waals surface area contributed by atoms with Crippen LogP contribution in [0.3, 0.4) is 0 Å². The quantitative estimate of drug-likeness (QED) is 0.281. The molecule has 41 heavy (non-hydrogen) atoms. The van der Waals surface area contributed by atoms with Crippen LogP contribution in [0, 0.1) is 6.92 Å². The number of rotatable bonds is 8. The molecular formula is C32H34ClN7O. The lowest BCUT2D eigenvalue weighted by Crippen LogP contribution is -2.50. The van der Waals surface area contributed by atoms with Crippen LogP contribution < -0.4 is 9.80 Å². The minimum Gasteiger partial charge on any atom is -0.390 e. The van der Waals surface area contributed by atoms with Crippen LogP contribution in [0.25, 0.3) is 28.2 Å². The Morgan fingerprint density at radius 3 is 2.34 bits per heavy atom. The van der Waals surface area contributed by atoms with E-state index in [1.807, 2.05) is 60.5 Å². The zero-order chi connectivity index (χ0) is 28.3. The number of piperazine rings is 1. The Bertz CT molecular complexity index is 1620. The third kappa shape index (κ3) is 5.63. The number of aromatic nitrogens is 4. The molecule has 0 bridgehead atoms. The second kappa shape index (κ2) is 11.9. The lowest BCUT2D eigenvalue weighted by Gasteiger charge is -2.38. The highest BCUT2D eigenvalue weighted by atomic mass is 35.5. The van der Waals surface area contributed by atoms with Crippen LogP contribution in [-0.2, 0) is 0 Å². The molecule has 2 aromatic heterocycles. The van der Waals surface area contributed by atoms with Crippen LogP contribution in [0.15, 0.2) is 85.2 Å². The van der Waals surface area contributed by atoms with Crippen LogP contribution in [-0.4, -0.2) is 81.9 Å². The lowest BCUT2D eigenvalue weighted by atomic mass is 10.1. The third-order valence-electron chi connectivity index (χ3n) is 7.74. The van der Waals surface area contributed by atoms with Gasteiger partial charge in [-0.1, -0.05) is 66.2 Å². The van der Waals surface area contributed by atoms with Gasteiger partial charge in [-0.3, -0.25) is 9.47 Å². The Morgan fingerprint density at radius 2 is 1.61 bits per heavy atom. The fourth-order valence-electron chi connectivity index (χ4n) is 5.63. The highest BCUT2D eigenvalue weighted by Crippen LogP contribution is 2.31. The zero-order valence-corrected chi connectivity index (χ0v) is 24.1. The minimum atomic E-state index is -0.547. The fraction of sp³-hybridized carbons (Fsp3) is 0.281. The van der Waals surface area contributed by atoms with Crippen LogP contribution in [0.5, 0.6) is 0 Å². The maximum absolute atomic E-state index is 11.1. The molecule has 8 nitrogen and oxygen atoms in total. The summed E-state index contributed by atoms with van der Waals surface area (Å²) >= 11 is 6.35. The van der Waals surface area contributed by atoms with E-state index in [0.29, 0.717) is 24.4 Å². The van der Waals surface area contributed by atoms with Crippen molar-refractivity contribution in [3.63, 3.8) is 0 Å². The molecule has 0 saturated carbocycles. The predicted octanol–water partition coefficient (Wildman–Crippen LogP) is 5.06. The van der Waals surface area contributed by atoms with Crippen molar-refractivity contribution in [2.24, 2.45) is 0 Å². The van der Waals surface area contributed by atoms with Gasteiger partial charge >= 0.3 is 0 Å². The minimum absolute atomic E-state index is 0.429. The maximum atomic E-state index is 11.1. The van der Waals surface area contributed by atoms with Crippen molar-refractivity contribution >= 4 is 34.3 Å². The van der Waals surface area contributed by atoms with Crippen LogP contribution in [0.1, 0.15) is 5.56 Å². The Labute approximate surface area is 245 Å². The van der Waals surface area contributed by atoms with E-state index in [2.05, 4.69) is 61.6 Å². The topological polar surface area (TPSA) is 73.6 Å². The van der Waals surface area contributed by atoms with Gasteiger partial charge in [0.05, 0.1) is 6.10 Å². The normalized spacial score (nSPS) is 14.9. The molecule has 0 aliphatic carbocycles. The maximum Gasteiger partial charge on any atom is 0.170 e. The molecule has 9 heteroatoms. The first kappa shape index (κ1) is 27.2. The summed E-state index contributed by atoms with van der Waals surface area (Å²) in [6.07, 6.45) is 1.03. The molecule has 0 amide bonds. The number of aliphatic hydroxyl groups excluding tert-OH is 1. The van der Waals surface area contributed by atoms with E-state index < -0.39 is 6.10 Å². The summed E-state index contributed by atoms with van der Waals surface area (Å²) in [5.74, 6) is 1.50. The monoisotopic (exact) mass is 567 g/mol. The van der Waals surface area contributed by atoms with E-state index in [4.69, 9.17) is 16.6 Å². The van der Waals surface area contributed by atoms with Gasteiger partial charge in [0.25, 0.3) is 0 Å². The number of imidazole rings is 1. The molecule has 5 aromatic rings. The third-order valence-corrected chi connectivity index (χ3v) is 8.15. The summed E-state index contributed by atoms with van der Waals surface area (Å²) in [7, 11) is 1.95. The number of benzene rings is 3. The summed E-state index contributed by atoms with van der Waals surface area (Å²) < 4.78 is 2.07. The van der Waals surface area contributed by atoms with E-state index >= 15 is 0 Å². The molecule has 0 spiro atoms. The average Bonchev–Trinajstić information content (AvgIpc) is 3.40. The molecule has 0 radical (unpaired) electrons. The highest BCUT2D eigenvalue weighted by molar-refractivity contribution is 6.31. The number of likely N-dealkylation sites (N-methyl/N-ethyl adjacent to an activating group) is 1. The van der Waals surface area contributed by atoms with Crippen molar-refractivity contribution in [3.05, 3.63) is 95.8 Å². The average molecular weight is 568 g/mol. The Hall–Kier alpha value is -3.98. The summed E-state index contributed by atoms with van der Waals surface area (Å²) in [5.41, 5.74) is 5.72. The number of aliphatic hydroxyl groups is 1. The van der Waals surface area contributed by atoms with Crippen molar-refractivity contribution in [2.75, 3.05) is 56.1 Å². The number of anilines is 2. The summed E-state index contributed by atoms with van der Waals surface area (Å²) in [6.45, 7) is 6.65. The second-order valence-electron chi connectivity index (χ2n) is 10.5. The molecule has 1 N–H and O–H groups in total. The van der Waals surface area contributed by atoms with E-state index in [1.54, 1.807) is 6.33 Å². The zero-order valence-electron chi connectivity index (χ0n) is 23.4. The van der Waals surface area contributed by atoms with E-state index in [9.17, 15) is 5.11 Å². The predicted molar refractivity (Wildman–Crippen MR) is 166 cm³/mol. The Morgan fingerprint density at radius 1 is 0.902 bits per heavy atom. The van der Waals surface area contributed by atoms with Crippen molar-refractivity contribution in [2.45, 2.75) is 13.0 Å². The SMILES string of the molecule is Cc1c(Cl)cccc1N1CCN(CC(O)CN(C)c2ncnc3c2nc(-c2ccccc2)n3-c2ccccc2)CC1. The smallest absolute Gasteiger partial charge is 0.170 e. The summed E-state index contributed by atoms with van der Waals surface area (Å²) in [4.78, 5) is 21.0. The van der Waals surface area contributed by atoms with Gasteiger partial charge in [-0.05, 0) is 36.8 Å². The Balaban J connectivity index is 1.19. The van der Waals surface area contributed by atoms with Gasteiger partial charge in [0.2, 0.25) is 0 Å². The molecule has 3 heterocycles. The van der Waals surface area contributed by atoms with E-state index in [-0.39, 0.29) is 0 Å². The molecule has 1 atom stereocenters. The van der Waals surface area contributed by atoms with Crippen LogP contribution >= 0.6 is 11.6 Å². The number of fused-ring (bicyclic) bond motifs is 1. The van der Waals surface area contributed by atoms with Gasteiger partial charge in [0.1, 0.15) is 12.2 Å². The van der Waals surface area contributed by atoms with Crippen molar-refractivity contribution in [3.8, 4) is 17.1 Å². The van der Waals surface area contributed by atoms with Crippen LogP contribution in [0.4, 0.5) is 11.5 Å². The summed E-state index contributed by atoms with van der Waals surface area (Å²) in [6, 6.07) is 26.3. The number of nitrogens with zero attached hydrogens (tertiary/aromatic N) is 7.